The molecule has 180 valence electrons. The molecular formula is C26H33N5O3. The quantitative estimate of drug-likeness (QED) is 0.481. The SMILES string of the molecule is CCCCn1c(N)c(N(CC)C(=O)CN(C)C(c2ccccc2)c2ccccc2)c(=O)[nH]c1=O. The van der Waals surface area contributed by atoms with Gasteiger partial charge in [0, 0.05) is 13.1 Å². The van der Waals surface area contributed by atoms with Gasteiger partial charge >= 0.3 is 5.69 Å². The van der Waals surface area contributed by atoms with Gasteiger partial charge in [0.15, 0.2) is 5.69 Å². The van der Waals surface area contributed by atoms with E-state index in [1.807, 2.05) is 79.5 Å². The van der Waals surface area contributed by atoms with Gasteiger partial charge in [0.1, 0.15) is 5.82 Å². The molecule has 34 heavy (non-hydrogen) atoms. The number of hydrogen-bond acceptors (Lipinski definition) is 5. The summed E-state index contributed by atoms with van der Waals surface area (Å²) in [5.74, 6) is -0.262. The van der Waals surface area contributed by atoms with Crippen molar-refractivity contribution in [3.8, 4) is 0 Å². The molecule has 1 aromatic heterocycles. The third-order valence-electron chi connectivity index (χ3n) is 5.89. The fourth-order valence-electron chi connectivity index (χ4n) is 4.20. The minimum atomic E-state index is -0.657. The Hall–Kier alpha value is -3.65. The lowest BCUT2D eigenvalue weighted by atomic mass is 9.97. The Labute approximate surface area is 199 Å². The van der Waals surface area contributed by atoms with E-state index < -0.39 is 11.2 Å². The maximum absolute atomic E-state index is 13.5. The third kappa shape index (κ3) is 5.46. The van der Waals surface area contributed by atoms with Gasteiger partial charge in [-0.2, -0.15) is 0 Å². The van der Waals surface area contributed by atoms with E-state index in [0.717, 1.165) is 24.0 Å². The molecule has 1 heterocycles. The molecule has 0 spiro atoms. The van der Waals surface area contributed by atoms with Crippen LogP contribution in [0.25, 0.3) is 0 Å². The highest BCUT2D eigenvalue weighted by Crippen LogP contribution is 2.28. The van der Waals surface area contributed by atoms with Crippen molar-refractivity contribution in [2.24, 2.45) is 0 Å². The van der Waals surface area contributed by atoms with Crippen LogP contribution in [0.1, 0.15) is 43.9 Å². The second-order valence-corrected chi connectivity index (χ2v) is 8.28. The Balaban J connectivity index is 1.94. The molecule has 0 aliphatic heterocycles. The minimum Gasteiger partial charge on any atom is -0.383 e. The Bertz CT molecular complexity index is 1170. The van der Waals surface area contributed by atoms with Gasteiger partial charge in [-0.3, -0.25) is 24.0 Å². The van der Waals surface area contributed by atoms with Gasteiger partial charge in [-0.25, -0.2) is 4.79 Å². The van der Waals surface area contributed by atoms with Crippen molar-refractivity contribution >= 4 is 17.4 Å². The van der Waals surface area contributed by atoms with Crippen molar-refractivity contribution in [2.45, 2.75) is 39.3 Å². The van der Waals surface area contributed by atoms with Gasteiger partial charge in [-0.05, 0) is 31.5 Å². The lowest BCUT2D eigenvalue weighted by Crippen LogP contribution is -2.45. The Morgan fingerprint density at radius 1 is 1.00 bits per heavy atom. The number of aromatic amines is 1. The highest BCUT2D eigenvalue weighted by atomic mass is 16.2. The van der Waals surface area contributed by atoms with Crippen LogP contribution in [0.15, 0.2) is 70.3 Å². The van der Waals surface area contributed by atoms with Crippen molar-refractivity contribution in [1.29, 1.82) is 0 Å². The molecule has 3 aromatic rings. The molecule has 0 saturated carbocycles. The first kappa shape index (κ1) is 25.0. The summed E-state index contributed by atoms with van der Waals surface area (Å²) in [5.41, 5.74) is 7.16. The summed E-state index contributed by atoms with van der Waals surface area (Å²) in [4.78, 5) is 44.1. The molecular weight excluding hydrogens is 430 g/mol. The molecule has 2 aromatic carbocycles. The number of nitrogens with one attached hydrogen (secondary N) is 1. The van der Waals surface area contributed by atoms with Gasteiger partial charge < -0.3 is 10.6 Å². The largest absolute Gasteiger partial charge is 0.383 e. The predicted molar refractivity (Wildman–Crippen MR) is 136 cm³/mol. The van der Waals surface area contributed by atoms with Crippen molar-refractivity contribution in [1.82, 2.24) is 14.5 Å². The Morgan fingerprint density at radius 3 is 2.06 bits per heavy atom. The van der Waals surface area contributed by atoms with Crippen molar-refractivity contribution in [3.63, 3.8) is 0 Å². The molecule has 3 N–H and O–H groups in total. The first-order valence-electron chi connectivity index (χ1n) is 11.6. The zero-order valence-corrected chi connectivity index (χ0v) is 20.0. The number of nitrogen functional groups attached to an aromatic ring is 1. The van der Waals surface area contributed by atoms with Crippen LogP contribution in [0.2, 0.25) is 0 Å². The normalized spacial score (nSPS) is 11.2. The molecule has 0 saturated heterocycles. The summed E-state index contributed by atoms with van der Waals surface area (Å²) in [5, 5.41) is 0. The van der Waals surface area contributed by atoms with Gasteiger partial charge in [0.2, 0.25) is 5.91 Å². The van der Waals surface area contributed by atoms with Gasteiger partial charge in [-0.15, -0.1) is 0 Å². The lowest BCUT2D eigenvalue weighted by Gasteiger charge is -2.31. The number of nitrogens with two attached hydrogens (primary N) is 1. The van der Waals surface area contributed by atoms with Gasteiger partial charge in [-0.1, -0.05) is 74.0 Å². The highest BCUT2D eigenvalue weighted by molar-refractivity contribution is 5.96. The molecule has 0 fully saturated rings. The van der Waals surface area contributed by atoms with Crippen molar-refractivity contribution in [3.05, 3.63) is 92.6 Å². The maximum atomic E-state index is 13.5. The number of hydrogen-bond donors (Lipinski definition) is 2. The molecule has 0 aliphatic carbocycles. The molecule has 1 amide bonds. The average Bonchev–Trinajstić information content (AvgIpc) is 2.83. The standard InChI is InChI=1S/C26H33N5O3/c1-4-6-17-31-24(27)23(25(33)28-26(31)34)30(5-2)21(32)18-29(3)22(19-13-9-7-10-14-19)20-15-11-8-12-16-20/h7-16,22H,4-6,17-18,27H2,1-3H3,(H,28,33,34). The van der Waals surface area contributed by atoms with Crippen molar-refractivity contribution < 1.29 is 4.79 Å². The summed E-state index contributed by atoms with van der Waals surface area (Å²) in [6.07, 6.45) is 1.59. The number of amides is 1. The van der Waals surface area contributed by atoms with Crippen molar-refractivity contribution in [2.75, 3.05) is 30.8 Å². The summed E-state index contributed by atoms with van der Waals surface area (Å²) >= 11 is 0. The number of carbonyl (C=O) groups is 1. The second kappa shape index (κ2) is 11.5. The highest BCUT2D eigenvalue weighted by Gasteiger charge is 2.27. The molecule has 8 heteroatoms. The number of rotatable bonds is 10. The van der Waals surface area contributed by atoms with Crippen LogP contribution in [-0.4, -0.2) is 40.5 Å². The van der Waals surface area contributed by atoms with E-state index in [1.54, 1.807) is 6.92 Å². The number of benzene rings is 2. The summed E-state index contributed by atoms with van der Waals surface area (Å²) in [6.45, 7) is 4.45. The van der Waals surface area contributed by atoms with E-state index in [-0.39, 0.29) is 36.5 Å². The maximum Gasteiger partial charge on any atom is 0.330 e. The number of unbranched alkanes of at least 4 members (excludes halogenated alkanes) is 1. The topological polar surface area (TPSA) is 104 Å². The number of nitrogens with zero attached hydrogens (tertiary/aromatic N) is 3. The van der Waals surface area contributed by atoms with E-state index in [0.29, 0.717) is 6.54 Å². The summed E-state index contributed by atoms with van der Waals surface area (Å²) in [7, 11) is 1.88. The molecule has 3 rings (SSSR count). The van der Waals surface area contributed by atoms with Crippen LogP contribution in [0.3, 0.4) is 0 Å². The van der Waals surface area contributed by atoms with Crippen LogP contribution >= 0.6 is 0 Å². The monoisotopic (exact) mass is 463 g/mol. The molecule has 0 atom stereocenters. The number of likely N-dealkylation sites (N-methyl/N-ethyl adjacent to an activating group) is 2. The Kier molecular flexibility index (Phi) is 8.43. The summed E-state index contributed by atoms with van der Waals surface area (Å²) < 4.78 is 1.33. The predicted octanol–water partition coefficient (Wildman–Crippen LogP) is 2.99. The number of anilines is 2. The van der Waals surface area contributed by atoms with E-state index in [1.165, 1.54) is 9.47 Å². The summed E-state index contributed by atoms with van der Waals surface area (Å²) in [6, 6.07) is 19.8. The van der Waals surface area contributed by atoms with Crippen LogP contribution in [0.4, 0.5) is 11.5 Å². The molecule has 0 bridgehead atoms. The van der Waals surface area contributed by atoms with Crippen LogP contribution < -0.4 is 21.9 Å². The molecule has 0 radical (unpaired) electrons. The van der Waals surface area contributed by atoms with Gasteiger partial charge in [0.25, 0.3) is 5.56 Å². The fraction of sp³-hybridized carbons (Fsp3) is 0.346. The smallest absolute Gasteiger partial charge is 0.330 e. The molecule has 8 nitrogen and oxygen atoms in total. The molecule has 0 unspecified atom stereocenters. The molecule has 0 aliphatic rings. The first-order valence-corrected chi connectivity index (χ1v) is 11.6. The first-order chi connectivity index (χ1) is 16.4. The van der Waals surface area contributed by atoms with E-state index in [4.69, 9.17) is 5.73 Å². The van der Waals surface area contributed by atoms with Crippen LogP contribution in [0, 0.1) is 0 Å². The number of carbonyl (C=O) groups excluding carboxylic acids is 1. The van der Waals surface area contributed by atoms with E-state index in [9.17, 15) is 14.4 Å². The van der Waals surface area contributed by atoms with E-state index in [2.05, 4.69) is 4.98 Å². The second-order valence-electron chi connectivity index (χ2n) is 8.28. The van der Waals surface area contributed by atoms with E-state index >= 15 is 0 Å². The Morgan fingerprint density at radius 2 is 1.56 bits per heavy atom. The average molecular weight is 464 g/mol. The lowest BCUT2D eigenvalue weighted by molar-refractivity contribution is -0.119. The third-order valence-corrected chi connectivity index (χ3v) is 5.89. The number of H-pyrrole nitrogens is 1. The van der Waals surface area contributed by atoms with Crippen LogP contribution in [-0.2, 0) is 11.3 Å². The zero-order chi connectivity index (χ0) is 24.7. The van der Waals surface area contributed by atoms with Gasteiger partial charge in [0.05, 0.1) is 12.6 Å². The minimum absolute atomic E-state index is 0.0164. The fourth-order valence-corrected chi connectivity index (χ4v) is 4.20. The number of aromatic nitrogens is 2. The van der Waals surface area contributed by atoms with Crippen LogP contribution in [0.5, 0.6) is 0 Å². The zero-order valence-electron chi connectivity index (χ0n) is 20.0.